The predicted molar refractivity (Wildman–Crippen MR) is 102 cm³/mol. The first kappa shape index (κ1) is 18.2. The maximum atomic E-state index is 13.1. The lowest BCUT2D eigenvalue weighted by Gasteiger charge is -2.21. The van der Waals surface area contributed by atoms with Crippen molar-refractivity contribution in [2.24, 2.45) is 0 Å². The molecular weight excluding hydrogens is 342 g/mol. The molecule has 0 radical (unpaired) electrons. The number of ether oxygens (including phenoxy) is 1. The zero-order chi connectivity index (χ0) is 19.2. The normalized spacial score (nSPS) is 10.3. The van der Waals surface area contributed by atoms with E-state index in [4.69, 9.17) is 4.74 Å². The van der Waals surface area contributed by atoms with Crippen molar-refractivity contribution in [1.82, 2.24) is 4.90 Å². The Balaban J connectivity index is 1.91. The van der Waals surface area contributed by atoms with E-state index >= 15 is 0 Å². The lowest BCUT2D eigenvalue weighted by molar-refractivity contribution is -0.126. The van der Waals surface area contributed by atoms with Gasteiger partial charge in [-0.05, 0) is 30.3 Å². The van der Waals surface area contributed by atoms with Gasteiger partial charge in [0.1, 0.15) is 17.2 Å². The highest BCUT2D eigenvalue weighted by molar-refractivity contribution is 6.05. The van der Waals surface area contributed by atoms with Gasteiger partial charge in [0.15, 0.2) is 0 Å². The Bertz CT molecular complexity index is 953. The number of phenols is 1. The van der Waals surface area contributed by atoms with Gasteiger partial charge in [0, 0.05) is 12.5 Å². The Labute approximate surface area is 157 Å². The number of phenolic OH excluding ortho intramolecular Hbond substituents is 1. The molecule has 2 amide bonds. The van der Waals surface area contributed by atoms with E-state index in [0.717, 1.165) is 4.90 Å². The van der Waals surface area contributed by atoms with Crippen molar-refractivity contribution in [3.05, 3.63) is 90.0 Å². The van der Waals surface area contributed by atoms with Crippen molar-refractivity contribution < 1.29 is 19.4 Å². The van der Waals surface area contributed by atoms with Crippen molar-refractivity contribution in [2.45, 2.75) is 13.5 Å². The topological polar surface area (TPSA) is 66.8 Å². The molecule has 5 heteroatoms. The van der Waals surface area contributed by atoms with Crippen molar-refractivity contribution >= 4 is 11.8 Å². The summed E-state index contributed by atoms with van der Waals surface area (Å²) in [5.74, 6) is 0.0745. The standard InChI is InChI=1S/C22H19NO4/c1-16(24)23(15-17-9-5-7-13-20(17)25)22(26)19-12-6-8-14-21(19)27-18-10-3-2-4-11-18/h2-14,25H,15H2,1H3. The monoisotopic (exact) mass is 361 g/mol. The van der Waals surface area contributed by atoms with E-state index in [2.05, 4.69) is 0 Å². The first-order valence-corrected chi connectivity index (χ1v) is 8.47. The molecule has 0 spiro atoms. The molecule has 136 valence electrons. The van der Waals surface area contributed by atoms with Crippen LogP contribution in [0.1, 0.15) is 22.8 Å². The highest BCUT2D eigenvalue weighted by Crippen LogP contribution is 2.27. The molecule has 0 atom stereocenters. The van der Waals surface area contributed by atoms with Crippen molar-refractivity contribution in [2.75, 3.05) is 0 Å². The molecule has 0 aliphatic carbocycles. The molecular formula is C22H19NO4. The fourth-order valence-corrected chi connectivity index (χ4v) is 2.63. The molecule has 0 aliphatic rings. The van der Waals surface area contributed by atoms with Gasteiger partial charge in [0.25, 0.3) is 5.91 Å². The van der Waals surface area contributed by atoms with Crippen LogP contribution in [0.3, 0.4) is 0 Å². The molecule has 3 aromatic carbocycles. The average Bonchev–Trinajstić information content (AvgIpc) is 2.68. The van der Waals surface area contributed by atoms with Gasteiger partial charge in [-0.2, -0.15) is 0 Å². The van der Waals surface area contributed by atoms with Crippen LogP contribution in [0.15, 0.2) is 78.9 Å². The smallest absolute Gasteiger partial charge is 0.264 e. The third-order valence-electron chi connectivity index (χ3n) is 4.03. The molecule has 1 N–H and O–H groups in total. The van der Waals surface area contributed by atoms with Gasteiger partial charge >= 0.3 is 0 Å². The molecule has 5 nitrogen and oxygen atoms in total. The number of para-hydroxylation sites is 3. The molecule has 0 unspecified atom stereocenters. The quantitative estimate of drug-likeness (QED) is 0.733. The molecule has 0 bridgehead atoms. The summed E-state index contributed by atoms with van der Waals surface area (Å²) >= 11 is 0. The fourth-order valence-electron chi connectivity index (χ4n) is 2.63. The Morgan fingerprint density at radius 1 is 0.889 bits per heavy atom. The molecule has 0 saturated carbocycles. The fraction of sp³-hybridized carbons (Fsp3) is 0.0909. The SMILES string of the molecule is CC(=O)N(Cc1ccccc1O)C(=O)c1ccccc1Oc1ccccc1. The summed E-state index contributed by atoms with van der Waals surface area (Å²) in [5.41, 5.74) is 0.759. The number of hydrogen-bond acceptors (Lipinski definition) is 4. The maximum Gasteiger partial charge on any atom is 0.264 e. The zero-order valence-corrected chi connectivity index (χ0v) is 14.8. The summed E-state index contributed by atoms with van der Waals surface area (Å²) < 4.78 is 5.83. The number of imide groups is 1. The van der Waals surface area contributed by atoms with Gasteiger partial charge in [-0.15, -0.1) is 0 Å². The third-order valence-corrected chi connectivity index (χ3v) is 4.03. The molecule has 3 rings (SSSR count). The minimum absolute atomic E-state index is 0.0273. The van der Waals surface area contributed by atoms with E-state index in [1.54, 1.807) is 54.6 Å². The van der Waals surface area contributed by atoms with Crippen molar-refractivity contribution in [1.29, 1.82) is 0 Å². The number of rotatable bonds is 5. The molecule has 0 heterocycles. The highest BCUT2D eigenvalue weighted by atomic mass is 16.5. The number of carbonyl (C=O) groups is 2. The molecule has 3 aromatic rings. The third kappa shape index (κ3) is 4.33. The Morgan fingerprint density at radius 2 is 1.52 bits per heavy atom. The van der Waals surface area contributed by atoms with Gasteiger partial charge in [-0.1, -0.05) is 48.5 Å². The Kier molecular flexibility index (Phi) is 5.52. The van der Waals surface area contributed by atoms with Crippen LogP contribution in [0.5, 0.6) is 17.2 Å². The lowest BCUT2D eigenvalue weighted by Crippen LogP contribution is -2.34. The first-order valence-electron chi connectivity index (χ1n) is 8.47. The Hall–Kier alpha value is -3.60. The largest absolute Gasteiger partial charge is 0.508 e. The van der Waals surface area contributed by atoms with Gasteiger partial charge in [0.2, 0.25) is 5.91 Å². The van der Waals surface area contributed by atoms with E-state index in [-0.39, 0.29) is 17.9 Å². The van der Waals surface area contributed by atoms with Crippen LogP contribution < -0.4 is 4.74 Å². The van der Waals surface area contributed by atoms with Gasteiger partial charge < -0.3 is 9.84 Å². The van der Waals surface area contributed by atoms with Gasteiger partial charge in [-0.25, -0.2) is 0 Å². The number of carbonyl (C=O) groups excluding carboxylic acids is 2. The number of amides is 2. The number of hydrogen-bond donors (Lipinski definition) is 1. The van der Waals surface area contributed by atoms with E-state index < -0.39 is 11.8 Å². The number of aromatic hydroxyl groups is 1. The van der Waals surface area contributed by atoms with Gasteiger partial charge in [0.05, 0.1) is 12.1 Å². The number of benzene rings is 3. The molecule has 0 saturated heterocycles. The van der Waals surface area contributed by atoms with Crippen LogP contribution >= 0.6 is 0 Å². The van der Waals surface area contributed by atoms with Gasteiger partial charge in [-0.3, -0.25) is 14.5 Å². The van der Waals surface area contributed by atoms with Crippen LogP contribution in [0.4, 0.5) is 0 Å². The summed E-state index contributed by atoms with van der Waals surface area (Å²) in [4.78, 5) is 26.3. The van der Waals surface area contributed by atoms with Crippen LogP contribution in [0.25, 0.3) is 0 Å². The number of nitrogens with zero attached hydrogens (tertiary/aromatic N) is 1. The molecule has 0 aliphatic heterocycles. The summed E-state index contributed by atoms with van der Waals surface area (Å²) in [6, 6.07) is 22.5. The first-order chi connectivity index (χ1) is 13.1. The minimum atomic E-state index is -0.489. The second-order valence-corrected chi connectivity index (χ2v) is 5.95. The van der Waals surface area contributed by atoms with Crippen LogP contribution in [0, 0.1) is 0 Å². The minimum Gasteiger partial charge on any atom is -0.508 e. The summed E-state index contributed by atoms with van der Waals surface area (Å²) in [6.07, 6.45) is 0. The second kappa shape index (κ2) is 8.19. The van der Waals surface area contributed by atoms with Crippen LogP contribution in [0.2, 0.25) is 0 Å². The maximum absolute atomic E-state index is 13.1. The highest BCUT2D eigenvalue weighted by Gasteiger charge is 2.24. The van der Waals surface area contributed by atoms with E-state index in [0.29, 0.717) is 17.1 Å². The molecule has 0 aromatic heterocycles. The summed E-state index contributed by atoms with van der Waals surface area (Å²) in [7, 11) is 0. The Morgan fingerprint density at radius 3 is 2.22 bits per heavy atom. The zero-order valence-electron chi connectivity index (χ0n) is 14.8. The average molecular weight is 361 g/mol. The summed E-state index contributed by atoms with van der Waals surface area (Å²) in [5, 5.41) is 9.97. The lowest BCUT2D eigenvalue weighted by atomic mass is 10.1. The summed E-state index contributed by atoms with van der Waals surface area (Å²) in [6.45, 7) is 1.29. The van der Waals surface area contributed by atoms with Crippen LogP contribution in [-0.2, 0) is 11.3 Å². The van der Waals surface area contributed by atoms with Crippen molar-refractivity contribution in [3.8, 4) is 17.2 Å². The second-order valence-electron chi connectivity index (χ2n) is 5.95. The van der Waals surface area contributed by atoms with Crippen LogP contribution in [-0.4, -0.2) is 21.8 Å². The van der Waals surface area contributed by atoms with E-state index in [1.165, 1.54) is 13.0 Å². The predicted octanol–water partition coefficient (Wildman–Crippen LogP) is 4.37. The molecule has 27 heavy (non-hydrogen) atoms. The van der Waals surface area contributed by atoms with E-state index in [9.17, 15) is 14.7 Å². The van der Waals surface area contributed by atoms with Crippen molar-refractivity contribution in [3.63, 3.8) is 0 Å². The molecule has 0 fully saturated rings. The van der Waals surface area contributed by atoms with E-state index in [1.807, 2.05) is 18.2 Å².